The lowest BCUT2D eigenvalue weighted by Crippen LogP contribution is -2.55. The number of ether oxygens (including phenoxy) is 2. The van der Waals surface area contributed by atoms with Gasteiger partial charge < -0.3 is 14.6 Å². The van der Waals surface area contributed by atoms with Gasteiger partial charge in [-0.25, -0.2) is 0 Å². The molecule has 0 bridgehead atoms. The number of ketones is 1. The number of benzene rings is 1. The van der Waals surface area contributed by atoms with Crippen LogP contribution in [0.2, 0.25) is 0 Å². The monoisotopic (exact) mass is 432 g/mol. The van der Waals surface area contributed by atoms with Gasteiger partial charge in [-0.3, -0.25) is 14.4 Å². The molecule has 0 heterocycles. The molecule has 1 aromatic rings. The average molecular weight is 433 g/mol. The van der Waals surface area contributed by atoms with Crippen molar-refractivity contribution < 1.29 is 29.0 Å². The number of carbonyl (C=O) groups excluding carboxylic acids is 3. The van der Waals surface area contributed by atoms with E-state index < -0.39 is 41.1 Å². The first kappa shape index (κ1) is 25.1. The van der Waals surface area contributed by atoms with Crippen molar-refractivity contribution in [3.8, 4) is 0 Å². The molecule has 4 atom stereocenters. The number of aliphatic hydroxyl groups is 1. The van der Waals surface area contributed by atoms with Gasteiger partial charge in [0.05, 0.1) is 24.7 Å². The third kappa shape index (κ3) is 6.16. The van der Waals surface area contributed by atoms with E-state index in [1.165, 1.54) is 6.92 Å². The molecule has 2 rings (SSSR count). The first-order valence-corrected chi connectivity index (χ1v) is 11.1. The van der Waals surface area contributed by atoms with Crippen LogP contribution in [0.1, 0.15) is 65.0 Å². The first-order chi connectivity index (χ1) is 14.5. The summed E-state index contributed by atoms with van der Waals surface area (Å²) in [6, 6.07) is 7.47. The highest BCUT2D eigenvalue weighted by Gasteiger charge is 2.57. The minimum atomic E-state index is -1.63. The van der Waals surface area contributed by atoms with Gasteiger partial charge in [-0.2, -0.15) is 0 Å². The van der Waals surface area contributed by atoms with Crippen LogP contribution in [0.4, 0.5) is 0 Å². The second-order valence-electron chi connectivity index (χ2n) is 9.62. The SMILES string of the molecule is CCc1ccc(C2C(C(=O)OCC(C)C)C(=O)CC(C)(O)C2C(=O)OCC(C)C)cc1. The molecule has 0 amide bonds. The van der Waals surface area contributed by atoms with Crippen molar-refractivity contribution in [1.82, 2.24) is 0 Å². The molecule has 0 saturated heterocycles. The first-order valence-electron chi connectivity index (χ1n) is 11.1. The largest absolute Gasteiger partial charge is 0.465 e. The summed E-state index contributed by atoms with van der Waals surface area (Å²) in [4.78, 5) is 39.1. The van der Waals surface area contributed by atoms with Gasteiger partial charge in [0.15, 0.2) is 5.78 Å². The Kier molecular flexibility index (Phi) is 8.41. The van der Waals surface area contributed by atoms with Gasteiger partial charge in [-0.05, 0) is 36.3 Å². The van der Waals surface area contributed by atoms with Gasteiger partial charge in [0, 0.05) is 12.3 Å². The van der Waals surface area contributed by atoms with E-state index in [1.807, 2.05) is 58.9 Å². The van der Waals surface area contributed by atoms with Crippen LogP contribution in [0.15, 0.2) is 24.3 Å². The lowest BCUT2D eigenvalue weighted by Gasteiger charge is -2.43. The van der Waals surface area contributed by atoms with E-state index in [1.54, 1.807) is 0 Å². The van der Waals surface area contributed by atoms with Crippen LogP contribution in [0.25, 0.3) is 0 Å². The Labute approximate surface area is 185 Å². The van der Waals surface area contributed by atoms with Crippen LogP contribution in [0.3, 0.4) is 0 Å². The van der Waals surface area contributed by atoms with E-state index in [0.717, 1.165) is 12.0 Å². The predicted octanol–water partition coefficient (Wildman–Crippen LogP) is 3.69. The summed E-state index contributed by atoms with van der Waals surface area (Å²) in [6.07, 6.45) is 0.529. The molecule has 4 unspecified atom stereocenters. The molecule has 0 aromatic heterocycles. The van der Waals surface area contributed by atoms with Crippen LogP contribution < -0.4 is 0 Å². The summed E-state index contributed by atoms with van der Waals surface area (Å²) >= 11 is 0. The van der Waals surface area contributed by atoms with Crippen molar-refractivity contribution in [1.29, 1.82) is 0 Å². The summed E-state index contributed by atoms with van der Waals surface area (Å²) in [7, 11) is 0. The molecule has 1 fully saturated rings. The standard InChI is InChI=1S/C25H36O6/c1-7-17-8-10-18(11-9-17)20-21(23(27)30-13-15(2)3)19(26)12-25(6,29)22(20)24(28)31-14-16(4)5/h8-11,15-16,20-22,29H,7,12-14H2,1-6H3. The molecular formula is C25H36O6. The number of Topliss-reactive ketones (excluding diaryl/α,β-unsaturated/α-hetero) is 1. The predicted molar refractivity (Wildman–Crippen MR) is 117 cm³/mol. The lowest BCUT2D eigenvalue weighted by molar-refractivity contribution is -0.173. The number of hydrogen-bond donors (Lipinski definition) is 1. The number of rotatable bonds is 8. The highest BCUT2D eigenvalue weighted by molar-refractivity contribution is 6.02. The Morgan fingerprint density at radius 2 is 1.55 bits per heavy atom. The highest BCUT2D eigenvalue weighted by Crippen LogP contribution is 2.46. The molecule has 172 valence electrons. The van der Waals surface area contributed by atoms with Crippen molar-refractivity contribution in [3.63, 3.8) is 0 Å². The van der Waals surface area contributed by atoms with Crippen LogP contribution in [-0.2, 0) is 30.3 Å². The second kappa shape index (κ2) is 10.4. The van der Waals surface area contributed by atoms with Gasteiger partial charge in [-0.15, -0.1) is 0 Å². The average Bonchev–Trinajstić information content (AvgIpc) is 2.69. The van der Waals surface area contributed by atoms with E-state index in [-0.39, 0.29) is 31.5 Å². The van der Waals surface area contributed by atoms with Gasteiger partial charge in [0.2, 0.25) is 0 Å². The van der Waals surface area contributed by atoms with Crippen molar-refractivity contribution in [2.45, 2.75) is 65.9 Å². The molecular weight excluding hydrogens is 396 g/mol. The molecule has 31 heavy (non-hydrogen) atoms. The Hall–Kier alpha value is -2.21. The number of carbonyl (C=O) groups is 3. The highest BCUT2D eigenvalue weighted by atomic mass is 16.5. The van der Waals surface area contributed by atoms with Crippen molar-refractivity contribution >= 4 is 17.7 Å². The van der Waals surface area contributed by atoms with Crippen molar-refractivity contribution in [3.05, 3.63) is 35.4 Å². The third-order valence-electron chi connectivity index (χ3n) is 5.67. The molecule has 0 aliphatic heterocycles. The van der Waals surface area contributed by atoms with Crippen LogP contribution in [0, 0.1) is 23.7 Å². The van der Waals surface area contributed by atoms with Gasteiger partial charge >= 0.3 is 11.9 Å². The topological polar surface area (TPSA) is 89.9 Å². The maximum atomic E-state index is 13.1. The molecule has 0 spiro atoms. The van der Waals surface area contributed by atoms with Crippen LogP contribution in [0.5, 0.6) is 0 Å². The maximum Gasteiger partial charge on any atom is 0.317 e. The molecule has 0 radical (unpaired) electrons. The minimum absolute atomic E-state index is 0.111. The second-order valence-corrected chi connectivity index (χ2v) is 9.62. The Morgan fingerprint density at radius 1 is 1.03 bits per heavy atom. The number of aryl methyl sites for hydroxylation is 1. The van der Waals surface area contributed by atoms with Gasteiger partial charge in [-0.1, -0.05) is 58.9 Å². The zero-order chi connectivity index (χ0) is 23.3. The fourth-order valence-electron chi connectivity index (χ4n) is 4.07. The van der Waals surface area contributed by atoms with E-state index in [4.69, 9.17) is 9.47 Å². The zero-order valence-electron chi connectivity index (χ0n) is 19.5. The van der Waals surface area contributed by atoms with Gasteiger partial charge in [0.25, 0.3) is 0 Å². The van der Waals surface area contributed by atoms with Crippen LogP contribution >= 0.6 is 0 Å². The van der Waals surface area contributed by atoms with E-state index in [9.17, 15) is 19.5 Å². The fourth-order valence-corrected chi connectivity index (χ4v) is 4.07. The molecule has 6 heteroatoms. The normalized spacial score (nSPS) is 26.2. The smallest absolute Gasteiger partial charge is 0.317 e. The van der Waals surface area contributed by atoms with E-state index in [2.05, 4.69) is 0 Å². The van der Waals surface area contributed by atoms with Crippen molar-refractivity contribution in [2.75, 3.05) is 13.2 Å². The van der Waals surface area contributed by atoms with E-state index in [0.29, 0.717) is 5.56 Å². The maximum absolute atomic E-state index is 13.1. The summed E-state index contributed by atoms with van der Waals surface area (Å²) in [5.41, 5.74) is 0.104. The summed E-state index contributed by atoms with van der Waals surface area (Å²) in [6.45, 7) is 11.5. The molecule has 6 nitrogen and oxygen atoms in total. The third-order valence-corrected chi connectivity index (χ3v) is 5.67. The van der Waals surface area contributed by atoms with Crippen molar-refractivity contribution in [2.24, 2.45) is 23.7 Å². The number of esters is 2. The Balaban J connectivity index is 2.52. The summed E-state index contributed by atoms with van der Waals surface area (Å²) in [5, 5.41) is 11.1. The quantitative estimate of drug-likeness (QED) is 0.498. The van der Waals surface area contributed by atoms with Gasteiger partial charge in [0.1, 0.15) is 5.92 Å². The lowest BCUT2D eigenvalue weighted by atomic mass is 9.61. The molecule has 1 saturated carbocycles. The zero-order valence-corrected chi connectivity index (χ0v) is 19.5. The molecule has 1 aromatic carbocycles. The summed E-state index contributed by atoms with van der Waals surface area (Å²) < 4.78 is 10.9. The summed E-state index contributed by atoms with van der Waals surface area (Å²) in [5.74, 6) is -4.53. The molecule has 1 aliphatic rings. The van der Waals surface area contributed by atoms with Crippen LogP contribution in [-0.4, -0.2) is 41.6 Å². The molecule has 1 N–H and O–H groups in total. The Morgan fingerprint density at radius 3 is 2.03 bits per heavy atom. The molecule has 1 aliphatic carbocycles. The minimum Gasteiger partial charge on any atom is -0.465 e. The fraction of sp³-hybridized carbons (Fsp3) is 0.640. The number of hydrogen-bond acceptors (Lipinski definition) is 6. The van der Waals surface area contributed by atoms with E-state index >= 15 is 0 Å². The Bertz CT molecular complexity index is 778.